The summed E-state index contributed by atoms with van der Waals surface area (Å²) in [7, 11) is 3.03. The largest absolute Gasteiger partial charge is 0.497 e. The lowest BCUT2D eigenvalue weighted by molar-refractivity contribution is -0.115. The van der Waals surface area contributed by atoms with Gasteiger partial charge in [0.05, 0.1) is 19.5 Å². The first kappa shape index (κ1) is 32.4. The van der Waals surface area contributed by atoms with Crippen LogP contribution in [0.15, 0.2) is 108 Å². The minimum atomic E-state index is -0.565. The maximum atomic E-state index is 13.6. The molecule has 1 unspecified atom stereocenters. The molecule has 0 radical (unpaired) electrons. The maximum Gasteiger partial charge on any atom is 0.272 e. The normalized spacial score (nSPS) is 11.6. The number of amides is 4. The van der Waals surface area contributed by atoms with Gasteiger partial charge in [-0.15, -0.1) is 11.8 Å². The number of ether oxygens (including phenoxy) is 2. The second-order valence-electron chi connectivity index (χ2n) is 9.66. The second-order valence-corrected chi connectivity index (χ2v) is 11.1. The van der Waals surface area contributed by atoms with E-state index in [4.69, 9.17) is 15.2 Å². The van der Waals surface area contributed by atoms with Crippen LogP contribution in [0.4, 0.5) is 11.4 Å². The third kappa shape index (κ3) is 8.97. The van der Waals surface area contributed by atoms with E-state index >= 15 is 0 Å². The topological polar surface area (TPSA) is 149 Å². The summed E-state index contributed by atoms with van der Waals surface area (Å²) in [5.74, 6) is -0.805. The summed E-state index contributed by atoms with van der Waals surface area (Å²) in [4.78, 5) is 51.4. The molecule has 5 N–H and O–H groups in total. The number of methoxy groups -OCH3 is 2. The quantitative estimate of drug-likeness (QED) is 0.123. The summed E-state index contributed by atoms with van der Waals surface area (Å²) in [5, 5.41) is 7.88. The van der Waals surface area contributed by atoms with Gasteiger partial charge in [-0.25, -0.2) is 0 Å². The van der Waals surface area contributed by atoms with Gasteiger partial charge in [-0.2, -0.15) is 0 Å². The minimum Gasteiger partial charge on any atom is -0.497 e. The highest BCUT2D eigenvalue weighted by atomic mass is 32.2. The van der Waals surface area contributed by atoms with E-state index < -0.39 is 23.0 Å². The Hall–Kier alpha value is -5.55. The Morgan fingerprint density at radius 1 is 0.778 bits per heavy atom. The summed E-state index contributed by atoms with van der Waals surface area (Å²) >= 11 is 1.30. The van der Waals surface area contributed by atoms with Crippen molar-refractivity contribution < 1.29 is 28.7 Å². The average Bonchev–Trinajstić information content (AvgIpc) is 3.05. The fourth-order valence-corrected chi connectivity index (χ4v) is 5.03. The van der Waals surface area contributed by atoms with Crippen molar-refractivity contribution in [1.29, 1.82) is 0 Å². The number of carbonyl (C=O) groups is 4. The third-order valence-electron chi connectivity index (χ3n) is 6.48. The molecule has 0 aliphatic carbocycles. The SMILES string of the molecule is COc1ccc(/C=C(/NC(=O)c2ccccc2)C(=O)Nc2cccc(SC(C)C(=O)Nc3ccc(C(N)=O)cc3)c2)c(OC)c1. The van der Waals surface area contributed by atoms with Gasteiger partial charge in [0.1, 0.15) is 17.2 Å². The molecule has 0 heterocycles. The van der Waals surface area contributed by atoms with Gasteiger partial charge in [-0.1, -0.05) is 24.3 Å². The molecule has 45 heavy (non-hydrogen) atoms. The van der Waals surface area contributed by atoms with Crippen LogP contribution >= 0.6 is 11.8 Å². The predicted molar refractivity (Wildman–Crippen MR) is 175 cm³/mol. The van der Waals surface area contributed by atoms with Crippen LogP contribution in [0.3, 0.4) is 0 Å². The molecule has 4 aromatic rings. The van der Waals surface area contributed by atoms with E-state index in [1.807, 2.05) is 6.07 Å². The van der Waals surface area contributed by atoms with Crippen molar-refractivity contribution >= 4 is 52.8 Å². The van der Waals surface area contributed by atoms with Gasteiger partial charge in [0.15, 0.2) is 0 Å². The van der Waals surface area contributed by atoms with Crippen LogP contribution in [0, 0.1) is 0 Å². The van der Waals surface area contributed by atoms with Crippen molar-refractivity contribution in [2.24, 2.45) is 5.73 Å². The fourth-order valence-electron chi connectivity index (χ4n) is 4.10. The highest BCUT2D eigenvalue weighted by Gasteiger charge is 2.18. The number of benzene rings is 4. The van der Waals surface area contributed by atoms with Crippen molar-refractivity contribution in [2.75, 3.05) is 24.9 Å². The van der Waals surface area contributed by atoms with Crippen LogP contribution in [0.1, 0.15) is 33.2 Å². The molecule has 230 valence electrons. The summed E-state index contributed by atoms with van der Waals surface area (Å²) in [5.41, 5.74) is 7.52. The van der Waals surface area contributed by atoms with Crippen molar-refractivity contribution in [3.8, 4) is 11.5 Å². The number of nitrogens with one attached hydrogen (secondary N) is 3. The molecule has 4 amide bonds. The lowest BCUT2D eigenvalue weighted by Gasteiger charge is -2.15. The van der Waals surface area contributed by atoms with Gasteiger partial charge in [0.25, 0.3) is 11.8 Å². The molecule has 0 spiro atoms. The van der Waals surface area contributed by atoms with Crippen molar-refractivity contribution in [1.82, 2.24) is 5.32 Å². The molecule has 10 nitrogen and oxygen atoms in total. The summed E-state index contributed by atoms with van der Waals surface area (Å²) in [6.07, 6.45) is 1.52. The highest BCUT2D eigenvalue weighted by molar-refractivity contribution is 8.00. The summed E-state index contributed by atoms with van der Waals surface area (Å²) in [6, 6.07) is 27.0. The van der Waals surface area contributed by atoms with E-state index in [1.165, 1.54) is 44.2 Å². The Bertz CT molecular complexity index is 1720. The molecule has 0 aliphatic rings. The lowest BCUT2D eigenvalue weighted by atomic mass is 10.1. The molecular weight excluding hydrogens is 592 g/mol. The van der Waals surface area contributed by atoms with Gasteiger partial charge in [0, 0.05) is 39.0 Å². The van der Waals surface area contributed by atoms with Crippen LogP contribution in [0.2, 0.25) is 0 Å². The first-order chi connectivity index (χ1) is 21.7. The molecule has 4 aromatic carbocycles. The number of hydrogen-bond acceptors (Lipinski definition) is 7. The fraction of sp³-hybridized carbons (Fsp3) is 0.118. The first-order valence-electron chi connectivity index (χ1n) is 13.8. The Morgan fingerprint density at radius 2 is 1.51 bits per heavy atom. The summed E-state index contributed by atoms with van der Waals surface area (Å²) < 4.78 is 10.7. The molecule has 0 aliphatic heterocycles. The lowest BCUT2D eigenvalue weighted by Crippen LogP contribution is -2.30. The van der Waals surface area contributed by atoms with Gasteiger partial charge in [0.2, 0.25) is 11.8 Å². The molecule has 0 fully saturated rings. The molecule has 0 bridgehead atoms. The van der Waals surface area contributed by atoms with E-state index in [9.17, 15) is 19.2 Å². The molecular formula is C34H32N4O6S. The van der Waals surface area contributed by atoms with Crippen molar-refractivity contribution in [3.63, 3.8) is 0 Å². The maximum absolute atomic E-state index is 13.6. The van der Waals surface area contributed by atoms with Gasteiger partial charge < -0.3 is 31.2 Å². The Kier molecular flexibility index (Phi) is 11.0. The van der Waals surface area contributed by atoms with E-state index in [0.29, 0.717) is 39.6 Å². The smallest absolute Gasteiger partial charge is 0.272 e. The van der Waals surface area contributed by atoms with Gasteiger partial charge in [-0.05, 0) is 79.7 Å². The number of thioether (sulfide) groups is 1. The van der Waals surface area contributed by atoms with Crippen LogP contribution in [-0.4, -0.2) is 43.1 Å². The molecule has 11 heteroatoms. The zero-order valence-electron chi connectivity index (χ0n) is 24.8. The van der Waals surface area contributed by atoms with E-state index in [2.05, 4.69) is 16.0 Å². The van der Waals surface area contributed by atoms with Crippen molar-refractivity contribution in [2.45, 2.75) is 17.1 Å². The number of primary amides is 1. The van der Waals surface area contributed by atoms with Crippen molar-refractivity contribution in [3.05, 3.63) is 119 Å². The number of rotatable bonds is 12. The third-order valence-corrected chi connectivity index (χ3v) is 7.57. The predicted octanol–water partition coefficient (Wildman–Crippen LogP) is 5.33. The first-order valence-corrected chi connectivity index (χ1v) is 14.6. The Labute approximate surface area is 265 Å². The second kappa shape index (κ2) is 15.3. The van der Waals surface area contributed by atoms with Crippen LogP contribution in [-0.2, 0) is 9.59 Å². The molecule has 1 atom stereocenters. The van der Waals surface area contributed by atoms with Crippen LogP contribution in [0.5, 0.6) is 11.5 Å². The number of hydrogen-bond donors (Lipinski definition) is 4. The molecule has 0 aromatic heterocycles. The monoisotopic (exact) mass is 624 g/mol. The zero-order chi connectivity index (χ0) is 32.3. The average molecular weight is 625 g/mol. The minimum absolute atomic E-state index is 0.0134. The standard InChI is InChI=1S/C34H32N4O6S/c1-21(32(40)36-25-15-12-22(13-16-25)31(35)39)45-28-11-7-10-26(19-28)37-34(42)29(38-33(41)23-8-5-4-6-9-23)18-24-14-17-27(43-2)20-30(24)44-3/h4-21H,1-3H3,(H2,35,39)(H,36,40)(H,37,42)(H,38,41)/b29-18+. The number of anilines is 2. The Balaban J connectivity index is 1.51. The van der Waals surface area contributed by atoms with Gasteiger partial charge in [-0.3, -0.25) is 19.2 Å². The number of carbonyl (C=O) groups excluding carboxylic acids is 4. The van der Waals surface area contributed by atoms with E-state index in [-0.39, 0.29) is 11.6 Å². The highest BCUT2D eigenvalue weighted by Crippen LogP contribution is 2.28. The van der Waals surface area contributed by atoms with Gasteiger partial charge >= 0.3 is 0 Å². The van der Waals surface area contributed by atoms with E-state index in [0.717, 1.165) is 4.90 Å². The van der Waals surface area contributed by atoms with E-state index in [1.54, 1.807) is 85.8 Å². The molecule has 4 rings (SSSR count). The summed E-state index contributed by atoms with van der Waals surface area (Å²) in [6.45, 7) is 1.76. The zero-order valence-corrected chi connectivity index (χ0v) is 25.6. The van der Waals surface area contributed by atoms with Crippen LogP contribution < -0.4 is 31.2 Å². The van der Waals surface area contributed by atoms with Crippen LogP contribution in [0.25, 0.3) is 6.08 Å². The Morgan fingerprint density at radius 3 is 2.18 bits per heavy atom. The molecule has 0 saturated carbocycles. The molecule has 0 saturated heterocycles. The number of nitrogens with two attached hydrogens (primary N) is 1.